The first-order valence-corrected chi connectivity index (χ1v) is 14.9. The Bertz CT molecular complexity index is 1380. The van der Waals surface area contributed by atoms with Crippen LogP contribution in [0.1, 0.15) is 37.8 Å². The van der Waals surface area contributed by atoms with Crippen molar-refractivity contribution in [1.29, 1.82) is 0 Å². The number of hydrogen-bond donors (Lipinski definition) is 1. The number of nitrogens with one attached hydrogen (secondary N) is 1. The molecule has 0 spiro atoms. The lowest BCUT2D eigenvalue weighted by atomic mass is 10.1. The Kier molecular flexibility index (Phi) is 10.8. The standard InChI is InChI=1S/C29H33Cl2N3O4S/c1-4-18-32-29(36)25(5-2)33(19-22-16-14-21(3)15-17-22)27(35)20-34(26-13-9-12-24(30)28(26)31)39(37,38)23-10-7-6-8-11-23/h6-17,25H,4-5,18-20H2,1-3H3,(H,32,36)/t25-/m1/s1. The molecule has 0 saturated heterocycles. The van der Waals surface area contributed by atoms with E-state index in [-0.39, 0.29) is 33.1 Å². The highest BCUT2D eigenvalue weighted by Crippen LogP contribution is 2.35. The number of anilines is 1. The number of hydrogen-bond acceptors (Lipinski definition) is 4. The molecule has 0 radical (unpaired) electrons. The Morgan fingerprint density at radius 2 is 1.59 bits per heavy atom. The first kappa shape index (κ1) is 30.5. The molecule has 10 heteroatoms. The molecule has 1 atom stereocenters. The van der Waals surface area contributed by atoms with Gasteiger partial charge in [0, 0.05) is 13.1 Å². The lowest BCUT2D eigenvalue weighted by Crippen LogP contribution is -2.52. The molecule has 3 aromatic carbocycles. The minimum atomic E-state index is -4.23. The molecule has 208 valence electrons. The third kappa shape index (κ3) is 7.53. The molecule has 0 fully saturated rings. The van der Waals surface area contributed by atoms with E-state index in [1.54, 1.807) is 24.3 Å². The summed E-state index contributed by atoms with van der Waals surface area (Å²) in [5, 5.41) is 3.02. The molecule has 0 aliphatic heterocycles. The van der Waals surface area contributed by atoms with Crippen molar-refractivity contribution < 1.29 is 18.0 Å². The van der Waals surface area contributed by atoms with Gasteiger partial charge in [0.1, 0.15) is 12.6 Å². The normalized spacial score (nSPS) is 12.0. The summed E-state index contributed by atoms with van der Waals surface area (Å²) in [5.74, 6) is -0.845. The van der Waals surface area contributed by atoms with Crippen molar-refractivity contribution in [2.45, 2.75) is 51.1 Å². The maximum absolute atomic E-state index is 14.0. The van der Waals surface area contributed by atoms with Gasteiger partial charge in [0.2, 0.25) is 11.8 Å². The van der Waals surface area contributed by atoms with Crippen molar-refractivity contribution in [3.05, 3.63) is 94.0 Å². The summed E-state index contributed by atoms with van der Waals surface area (Å²) in [7, 11) is -4.23. The average Bonchev–Trinajstić information content (AvgIpc) is 2.93. The highest BCUT2D eigenvalue weighted by molar-refractivity contribution is 7.92. The van der Waals surface area contributed by atoms with Crippen LogP contribution in [0.3, 0.4) is 0 Å². The van der Waals surface area contributed by atoms with E-state index in [2.05, 4.69) is 5.32 Å². The fraction of sp³-hybridized carbons (Fsp3) is 0.310. The van der Waals surface area contributed by atoms with Crippen LogP contribution >= 0.6 is 23.2 Å². The number of carbonyl (C=O) groups excluding carboxylic acids is 2. The largest absolute Gasteiger partial charge is 0.354 e. The molecule has 0 bridgehead atoms. The van der Waals surface area contributed by atoms with Gasteiger partial charge in [-0.15, -0.1) is 0 Å². The zero-order chi connectivity index (χ0) is 28.6. The van der Waals surface area contributed by atoms with Gasteiger partial charge in [-0.2, -0.15) is 0 Å². The van der Waals surface area contributed by atoms with Crippen LogP contribution in [0.25, 0.3) is 0 Å². The third-order valence-corrected chi connectivity index (χ3v) is 8.80. The average molecular weight is 591 g/mol. The lowest BCUT2D eigenvalue weighted by Gasteiger charge is -2.33. The van der Waals surface area contributed by atoms with Crippen LogP contribution in [0.2, 0.25) is 10.0 Å². The van der Waals surface area contributed by atoms with Gasteiger partial charge in [0.05, 0.1) is 20.6 Å². The summed E-state index contributed by atoms with van der Waals surface area (Å²) in [6.07, 6.45) is 1.08. The van der Waals surface area contributed by atoms with E-state index in [1.807, 2.05) is 45.0 Å². The van der Waals surface area contributed by atoms with Gasteiger partial charge in [0.15, 0.2) is 0 Å². The molecular formula is C29H33Cl2N3O4S. The van der Waals surface area contributed by atoms with Crippen molar-refractivity contribution in [3.63, 3.8) is 0 Å². The summed E-state index contributed by atoms with van der Waals surface area (Å²) in [4.78, 5) is 28.6. The van der Waals surface area contributed by atoms with Crippen molar-refractivity contribution >= 4 is 50.7 Å². The fourth-order valence-corrected chi connectivity index (χ4v) is 5.99. The Balaban J connectivity index is 2.08. The van der Waals surface area contributed by atoms with Crippen molar-refractivity contribution in [2.75, 3.05) is 17.4 Å². The number of carbonyl (C=O) groups is 2. The lowest BCUT2D eigenvalue weighted by molar-refractivity contribution is -0.140. The number of halogens is 2. The molecular weight excluding hydrogens is 557 g/mol. The van der Waals surface area contributed by atoms with E-state index in [0.717, 1.165) is 21.9 Å². The molecule has 0 aliphatic carbocycles. The van der Waals surface area contributed by atoms with Gasteiger partial charge in [-0.25, -0.2) is 8.42 Å². The van der Waals surface area contributed by atoms with E-state index in [4.69, 9.17) is 23.2 Å². The van der Waals surface area contributed by atoms with E-state index in [0.29, 0.717) is 13.0 Å². The van der Waals surface area contributed by atoms with Gasteiger partial charge < -0.3 is 10.2 Å². The van der Waals surface area contributed by atoms with Gasteiger partial charge in [0.25, 0.3) is 10.0 Å². The second kappa shape index (κ2) is 13.8. The quantitative estimate of drug-likeness (QED) is 0.288. The highest BCUT2D eigenvalue weighted by atomic mass is 35.5. The summed E-state index contributed by atoms with van der Waals surface area (Å²) in [6.45, 7) is 5.73. The molecule has 0 aliphatic rings. The Morgan fingerprint density at radius 3 is 2.21 bits per heavy atom. The first-order chi connectivity index (χ1) is 18.6. The second-order valence-electron chi connectivity index (χ2n) is 9.12. The third-order valence-electron chi connectivity index (χ3n) is 6.22. The van der Waals surface area contributed by atoms with Crippen LogP contribution in [0.5, 0.6) is 0 Å². The van der Waals surface area contributed by atoms with Crippen molar-refractivity contribution in [3.8, 4) is 0 Å². The molecule has 0 heterocycles. The minimum Gasteiger partial charge on any atom is -0.354 e. The first-order valence-electron chi connectivity index (χ1n) is 12.7. The van der Waals surface area contributed by atoms with E-state index < -0.39 is 28.5 Å². The Morgan fingerprint density at radius 1 is 0.923 bits per heavy atom. The predicted octanol–water partition coefficient (Wildman–Crippen LogP) is 5.83. The van der Waals surface area contributed by atoms with Crippen LogP contribution < -0.4 is 9.62 Å². The highest BCUT2D eigenvalue weighted by Gasteiger charge is 2.34. The summed E-state index contributed by atoms with van der Waals surface area (Å²) >= 11 is 12.7. The Labute approximate surface area is 240 Å². The van der Waals surface area contributed by atoms with Gasteiger partial charge in [-0.1, -0.05) is 91.1 Å². The van der Waals surface area contributed by atoms with Crippen molar-refractivity contribution in [1.82, 2.24) is 10.2 Å². The molecule has 0 unspecified atom stereocenters. The zero-order valence-electron chi connectivity index (χ0n) is 22.2. The number of aryl methyl sites for hydroxylation is 1. The van der Waals surface area contributed by atoms with Crippen LogP contribution in [0.4, 0.5) is 5.69 Å². The molecule has 39 heavy (non-hydrogen) atoms. The summed E-state index contributed by atoms with van der Waals surface area (Å²) < 4.78 is 28.6. The fourth-order valence-electron chi connectivity index (χ4n) is 4.09. The SMILES string of the molecule is CCCNC(=O)[C@@H](CC)N(Cc1ccc(C)cc1)C(=O)CN(c1cccc(Cl)c1Cl)S(=O)(=O)c1ccccc1. The number of sulfonamides is 1. The summed E-state index contributed by atoms with van der Waals surface area (Å²) in [5.41, 5.74) is 1.94. The molecule has 7 nitrogen and oxygen atoms in total. The zero-order valence-corrected chi connectivity index (χ0v) is 24.6. The maximum Gasteiger partial charge on any atom is 0.264 e. The number of benzene rings is 3. The van der Waals surface area contributed by atoms with Gasteiger partial charge in [-0.05, 0) is 49.6 Å². The van der Waals surface area contributed by atoms with E-state index >= 15 is 0 Å². The van der Waals surface area contributed by atoms with Crippen LogP contribution in [0, 0.1) is 6.92 Å². The summed E-state index contributed by atoms with van der Waals surface area (Å²) in [6, 6.07) is 19.2. The van der Waals surface area contributed by atoms with Gasteiger partial charge >= 0.3 is 0 Å². The van der Waals surface area contributed by atoms with E-state index in [9.17, 15) is 18.0 Å². The monoisotopic (exact) mass is 589 g/mol. The maximum atomic E-state index is 14.0. The minimum absolute atomic E-state index is 0.00397. The Hall–Kier alpha value is -3.07. The molecule has 3 aromatic rings. The van der Waals surface area contributed by atoms with E-state index in [1.165, 1.54) is 29.2 Å². The van der Waals surface area contributed by atoms with Crippen LogP contribution in [0.15, 0.2) is 77.7 Å². The number of amides is 2. The molecule has 1 N–H and O–H groups in total. The number of nitrogens with zero attached hydrogens (tertiary/aromatic N) is 2. The predicted molar refractivity (Wildman–Crippen MR) is 157 cm³/mol. The topological polar surface area (TPSA) is 86.8 Å². The molecule has 3 rings (SSSR count). The van der Waals surface area contributed by atoms with Crippen LogP contribution in [-0.4, -0.2) is 44.3 Å². The van der Waals surface area contributed by atoms with Crippen molar-refractivity contribution in [2.24, 2.45) is 0 Å². The number of rotatable bonds is 12. The molecule has 0 saturated carbocycles. The van der Waals surface area contributed by atoms with Crippen LogP contribution in [-0.2, 0) is 26.2 Å². The molecule has 0 aromatic heterocycles. The van der Waals surface area contributed by atoms with Gasteiger partial charge in [-0.3, -0.25) is 13.9 Å². The molecule has 2 amide bonds. The second-order valence-corrected chi connectivity index (χ2v) is 11.8. The smallest absolute Gasteiger partial charge is 0.264 e.